The predicted octanol–water partition coefficient (Wildman–Crippen LogP) is 6.85. The van der Waals surface area contributed by atoms with Crippen LogP contribution in [0.3, 0.4) is 0 Å². The van der Waals surface area contributed by atoms with Gasteiger partial charge in [0.25, 0.3) is 7.52 Å². The van der Waals surface area contributed by atoms with Crippen LogP contribution in [0.15, 0.2) is 59.5 Å². The van der Waals surface area contributed by atoms with Crippen LogP contribution in [0.4, 0.5) is 32.0 Å². The summed E-state index contributed by atoms with van der Waals surface area (Å²) in [5.74, 6) is 0. The van der Waals surface area contributed by atoms with Crippen molar-refractivity contribution >= 4 is 25.0 Å². The quantitative estimate of drug-likeness (QED) is 0.310. The molecule has 0 aliphatic heterocycles. The molecule has 2 unspecified atom stereocenters. The fourth-order valence-electron chi connectivity index (χ4n) is 2.13. The number of alkyl halides is 6. The molecule has 0 fully saturated rings. The minimum Gasteiger partial charge on any atom is -0.316 e. The second-order valence-corrected chi connectivity index (χ2v) is 8.73. The van der Waals surface area contributed by atoms with E-state index in [1.54, 1.807) is 0 Å². The van der Waals surface area contributed by atoms with Crippen LogP contribution in [0, 0.1) is 0 Å². The molecule has 148 valence electrons. The number of hydrogen-bond donors (Lipinski definition) is 1. The molecule has 0 aliphatic rings. The Morgan fingerprint density at radius 3 is 2.00 bits per heavy atom. The van der Waals surface area contributed by atoms with Crippen LogP contribution in [0.1, 0.15) is 11.7 Å². The third-order valence-electron chi connectivity index (χ3n) is 3.13. The van der Waals surface area contributed by atoms with Gasteiger partial charge in [-0.15, -0.1) is 0 Å². The van der Waals surface area contributed by atoms with E-state index in [-0.39, 0.29) is 27.9 Å². The molecule has 3 nitrogen and oxygen atoms in total. The Hall–Kier alpha value is -1.64. The van der Waals surface area contributed by atoms with E-state index in [1.807, 2.05) is 0 Å². The summed E-state index contributed by atoms with van der Waals surface area (Å²) in [5, 5.41) is 2.32. The number of anilines is 1. The molecule has 0 aromatic heterocycles. The van der Waals surface area contributed by atoms with E-state index in [9.17, 15) is 30.9 Å². The van der Waals surface area contributed by atoms with E-state index in [4.69, 9.17) is 4.52 Å². The summed E-state index contributed by atoms with van der Waals surface area (Å²) >= 11 is -0.338. The van der Waals surface area contributed by atoms with Gasteiger partial charge in [-0.05, 0) is 41.6 Å². The maximum absolute atomic E-state index is 13.3. The Bertz CT molecular complexity index is 795. The molecule has 0 radical (unpaired) electrons. The highest BCUT2D eigenvalue weighted by atomic mass is 32.2. The SMILES string of the molecule is CP(=O)(Nc1ccc(SC(F)(F)F)cc1)OC(c1ccccc1)C(F)(F)F. The fourth-order valence-corrected chi connectivity index (χ4v) is 3.98. The first kappa shape index (κ1) is 21.7. The maximum Gasteiger partial charge on any atom is 0.446 e. The Morgan fingerprint density at radius 1 is 0.963 bits per heavy atom. The van der Waals surface area contributed by atoms with Crippen molar-refractivity contribution < 1.29 is 35.4 Å². The lowest BCUT2D eigenvalue weighted by atomic mass is 10.1. The summed E-state index contributed by atoms with van der Waals surface area (Å²) in [6.07, 6.45) is -7.22. The van der Waals surface area contributed by atoms with Gasteiger partial charge in [0, 0.05) is 17.2 Å². The first-order chi connectivity index (χ1) is 12.4. The zero-order chi connectivity index (χ0) is 20.3. The highest BCUT2D eigenvalue weighted by molar-refractivity contribution is 8.00. The van der Waals surface area contributed by atoms with E-state index in [1.165, 1.54) is 42.5 Å². The van der Waals surface area contributed by atoms with Crippen molar-refractivity contribution in [2.45, 2.75) is 22.7 Å². The van der Waals surface area contributed by atoms with Crippen molar-refractivity contribution in [1.82, 2.24) is 0 Å². The minimum atomic E-state index is -4.80. The van der Waals surface area contributed by atoms with Crippen LogP contribution in [-0.2, 0) is 9.09 Å². The molecular weight excluding hydrogens is 415 g/mol. The van der Waals surface area contributed by atoms with Crippen molar-refractivity contribution in [2.24, 2.45) is 0 Å². The standard InChI is InChI=1S/C16H14F6NO2PS/c1-26(24,23-12-7-9-13(10-8-12)27-16(20,21)22)25-14(15(17,18)19)11-5-3-2-4-6-11/h2-10,14H,1H3,(H,23,24). The number of hydrogen-bond acceptors (Lipinski definition) is 3. The van der Waals surface area contributed by atoms with Gasteiger partial charge in [-0.2, -0.15) is 26.3 Å². The van der Waals surface area contributed by atoms with Gasteiger partial charge in [0.15, 0.2) is 6.10 Å². The number of halogens is 6. The van der Waals surface area contributed by atoms with Crippen molar-refractivity contribution in [3.63, 3.8) is 0 Å². The second kappa shape index (κ2) is 8.16. The first-order valence-electron chi connectivity index (χ1n) is 7.37. The van der Waals surface area contributed by atoms with Gasteiger partial charge in [-0.1, -0.05) is 30.3 Å². The van der Waals surface area contributed by atoms with Crippen molar-refractivity contribution in [3.05, 3.63) is 60.2 Å². The minimum absolute atomic E-state index is 0.0707. The molecular formula is C16H14F6NO2PS. The molecule has 0 heterocycles. The van der Waals surface area contributed by atoms with E-state index >= 15 is 0 Å². The lowest BCUT2D eigenvalue weighted by Gasteiger charge is -2.25. The third kappa shape index (κ3) is 7.12. The summed E-state index contributed by atoms with van der Waals surface area (Å²) in [6, 6.07) is 11.3. The number of nitrogens with one attached hydrogen (secondary N) is 1. The third-order valence-corrected chi connectivity index (χ3v) is 5.14. The number of benzene rings is 2. The van der Waals surface area contributed by atoms with E-state index < -0.39 is 25.3 Å². The van der Waals surface area contributed by atoms with Crippen LogP contribution in [0.2, 0.25) is 0 Å². The maximum atomic E-state index is 13.3. The Morgan fingerprint density at radius 2 is 1.52 bits per heavy atom. The van der Waals surface area contributed by atoms with Gasteiger partial charge in [0.2, 0.25) is 0 Å². The Labute approximate surface area is 155 Å². The molecule has 1 N–H and O–H groups in total. The van der Waals surface area contributed by atoms with E-state index in [0.717, 1.165) is 18.8 Å². The summed E-state index contributed by atoms with van der Waals surface area (Å²) in [7, 11) is -3.99. The lowest BCUT2D eigenvalue weighted by Crippen LogP contribution is -2.23. The monoisotopic (exact) mass is 429 g/mol. The molecule has 27 heavy (non-hydrogen) atoms. The molecule has 0 amide bonds. The first-order valence-corrected chi connectivity index (χ1v) is 10.3. The highest BCUT2D eigenvalue weighted by Crippen LogP contribution is 2.51. The van der Waals surface area contributed by atoms with Gasteiger partial charge < -0.3 is 5.09 Å². The number of thioether (sulfide) groups is 1. The van der Waals surface area contributed by atoms with Crippen LogP contribution < -0.4 is 5.09 Å². The molecule has 2 aromatic rings. The zero-order valence-corrected chi connectivity index (χ0v) is 15.4. The molecule has 0 saturated heterocycles. The average molecular weight is 429 g/mol. The van der Waals surface area contributed by atoms with Crippen LogP contribution >= 0.6 is 19.3 Å². The molecule has 11 heteroatoms. The van der Waals surface area contributed by atoms with E-state index in [0.29, 0.717) is 0 Å². The number of rotatable bonds is 6. The summed E-state index contributed by atoms with van der Waals surface area (Å²) in [4.78, 5) is -0.114. The average Bonchev–Trinajstić information content (AvgIpc) is 2.53. The van der Waals surface area contributed by atoms with E-state index in [2.05, 4.69) is 5.09 Å². The fraction of sp³-hybridized carbons (Fsp3) is 0.250. The topological polar surface area (TPSA) is 38.3 Å². The van der Waals surface area contributed by atoms with Crippen molar-refractivity contribution in [3.8, 4) is 0 Å². The molecule has 2 aromatic carbocycles. The predicted molar refractivity (Wildman–Crippen MR) is 91.8 cm³/mol. The normalized spacial score (nSPS) is 15.8. The lowest BCUT2D eigenvalue weighted by molar-refractivity contribution is -0.197. The molecule has 0 aliphatic carbocycles. The summed E-state index contributed by atoms with van der Waals surface area (Å²) in [6.45, 7) is 0.965. The highest BCUT2D eigenvalue weighted by Gasteiger charge is 2.45. The van der Waals surface area contributed by atoms with Gasteiger partial charge >= 0.3 is 11.7 Å². The Kier molecular flexibility index (Phi) is 6.55. The Balaban J connectivity index is 2.14. The second-order valence-electron chi connectivity index (χ2n) is 5.47. The molecule has 2 rings (SSSR count). The van der Waals surface area contributed by atoms with Gasteiger partial charge in [-0.3, -0.25) is 9.09 Å². The zero-order valence-electron chi connectivity index (χ0n) is 13.7. The van der Waals surface area contributed by atoms with Crippen molar-refractivity contribution in [1.29, 1.82) is 0 Å². The molecule has 0 spiro atoms. The van der Waals surface area contributed by atoms with Gasteiger partial charge in [0.1, 0.15) is 0 Å². The largest absolute Gasteiger partial charge is 0.446 e. The van der Waals surface area contributed by atoms with Crippen LogP contribution in [0.5, 0.6) is 0 Å². The smallest absolute Gasteiger partial charge is 0.316 e. The van der Waals surface area contributed by atoms with Crippen LogP contribution in [0.25, 0.3) is 0 Å². The van der Waals surface area contributed by atoms with Crippen LogP contribution in [-0.4, -0.2) is 18.3 Å². The van der Waals surface area contributed by atoms with Crippen molar-refractivity contribution in [2.75, 3.05) is 11.8 Å². The van der Waals surface area contributed by atoms with Gasteiger partial charge in [0.05, 0.1) is 0 Å². The van der Waals surface area contributed by atoms with Gasteiger partial charge in [-0.25, -0.2) is 0 Å². The molecule has 0 saturated carbocycles. The molecule has 0 bridgehead atoms. The molecule has 2 atom stereocenters. The summed E-state index contributed by atoms with van der Waals surface area (Å²) in [5.41, 5.74) is -4.61. The summed E-state index contributed by atoms with van der Waals surface area (Å²) < 4.78 is 94.2.